The van der Waals surface area contributed by atoms with E-state index in [0.717, 1.165) is 24.4 Å². The number of hydrogen-bond acceptors (Lipinski definition) is 3. The second-order valence-electron chi connectivity index (χ2n) is 5.59. The molecule has 3 atom stereocenters. The first kappa shape index (κ1) is 11.0. The van der Waals surface area contributed by atoms with Gasteiger partial charge in [0.15, 0.2) is 0 Å². The van der Waals surface area contributed by atoms with Gasteiger partial charge < -0.3 is 0 Å². The smallest absolute Gasteiger partial charge is 0.0345 e. The zero-order valence-electron chi connectivity index (χ0n) is 10.4. The molecular weight excluding hydrogens is 240 g/mol. The Morgan fingerprint density at radius 1 is 1.17 bits per heavy atom. The van der Waals surface area contributed by atoms with Crippen LogP contribution in [0.5, 0.6) is 0 Å². The maximum atomic E-state index is 3.41. The van der Waals surface area contributed by atoms with Crippen LogP contribution in [0.25, 0.3) is 10.1 Å². The average molecular weight is 258 g/mol. The number of rotatable bonds is 1. The van der Waals surface area contributed by atoms with Gasteiger partial charge in [0.05, 0.1) is 0 Å². The highest BCUT2D eigenvalue weighted by Crippen LogP contribution is 2.41. The van der Waals surface area contributed by atoms with Gasteiger partial charge in [0.2, 0.25) is 0 Å². The number of benzene rings is 1. The number of fused-ring (bicyclic) bond motifs is 2. The van der Waals surface area contributed by atoms with E-state index in [0.29, 0.717) is 0 Å². The molecule has 2 aromatic rings. The molecule has 1 saturated carbocycles. The molecule has 1 aliphatic heterocycles. The maximum Gasteiger partial charge on any atom is 0.0345 e. The van der Waals surface area contributed by atoms with Gasteiger partial charge in [0.25, 0.3) is 0 Å². The standard InChI is InChI=1S/C15H18N2S/c1-2-4-14-10(3-1)8-15(18-14)11-5-6-13-12(7-11)9-16-17-13/h1-4,8,11-13,16-17H,5-7,9H2. The van der Waals surface area contributed by atoms with E-state index >= 15 is 0 Å². The first-order chi connectivity index (χ1) is 8.90. The Bertz CT molecular complexity index is 529. The molecule has 2 fully saturated rings. The highest BCUT2D eigenvalue weighted by atomic mass is 32.1. The predicted molar refractivity (Wildman–Crippen MR) is 76.8 cm³/mol. The van der Waals surface area contributed by atoms with Crippen molar-refractivity contribution in [3.63, 3.8) is 0 Å². The molecule has 1 aromatic heterocycles. The summed E-state index contributed by atoms with van der Waals surface area (Å²) in [5.41, 5.74) is 6.73. The minimum Gasteiger partial charge on any atom is -0.257 e. The van der Waals surface area contributed by atoms with Crippen molar-refractivity contribution in [1.29, 1.82) is 0 Å². The van der Waals surface area contributed by atoms with E-state index in [1.165, 1.54) is 29.3 Å². The lowest BCUT2D eigenvalue weighted by atomic mass is 9.78. The van der Waals surface area contributed by atoms with E-state index in [2.05, 4.69) is 41.2 Å². The van der Waals surface area contributed by atoms with Crippen molar-refractivity contribution in [2.24, 2.45) is 5.92 Å². The van der Waals surface area contributed by atoms with Crippen molar-refractivity contribution < 1.29 is 0 Å². The summed E-state index contributed by atoms with van der Waals surface area (Å²) in [6.45, 7) is 1.14. The van der Waals surface area contributed by atoms with Gasteiger partial charge in [-0.2, -0.15) is 0 Å². The normalized spacial score (nSPS) is 31.7. The van der Waals surface area contributed by atoms with Crippen LogP contribution in [0, 0.1) is 5.92 Å². The van der Waals surface area contributed by atoms with Crippen LogP contribution >= 0.6 is 11.3 Å². The summed E-state index contributed by atoms with van der Waals surface area (Å²) in [7, 11) is 0. The summed E-state index contributed by atoms with van der Waals surface area (Å²) < 4.78 is 1.44. The van der Waals surface area contributed by atoms with E-state index in [9.17, 15) is 0 Å². The van der Waals surface area contributed by atoms with Crippen molar-refractivity contribution in [2.75, 3.05) is 6.54 Å². The third-order valence-electron chi connectivity index (χ3n) is 4.48. The third-order valence-corrected chi connectivity index (χ3v) is 5.76. The predicted octanol–water partition coefficient (Wildman–Crippen LogP) is 3.26. The van der Waals surface area contributed by atoms with Gasteiger partial charge in [-0.3, -0.25) is 10.9 Å². The molecule has 18 heavy (non-hydrogen) atoms. The van der Waals surface area contributed by atoms with Gasteiger partial charge >= 0.3 is 0 Å². The Balaban J connectivity index is 1.62. The molecular formula is C15H18N2S. The first-order valence-electron chi connectivity index (χ1n) is 6.87. The van der Waals surface area contributed by atoms with Crippen LogP contribution in [0.1, 0.15) is 30.1 Å². The number of hydrazine groups is 1. The molecule has 1 aliphatic carbocycles. The second kappa shape index (κ2) is 4.34. The molecule has 0 bridgehead atoms. The van der Waals surface area contributed by atoms with Crippen molar-refractivity contribution >= 4 is 21.4 Å². The third kappa shape index (κ3) is 1.78. The summed E-state index contributed by atoms with van der Waals surface area (Å²) in [5, 5.41) is 1.42. The van der Waals surface area contributed by atoms with Crippen LogP contribution in [0.15, 0.2) is 30.3 Å². The largest absolute Gasteiger partial charge is 0.257 e. The Morgan fingerprint density at radius 2 is 2.11 bits per heavy atom. The number of thiophene rings is 1. The fourth-order valence-electron chi connectivity index (χ4n) is 3.46. The van der Waals surface area contributed by atoms with Gasteiger partial charge in [-0.25, -0.2) is 0 Å². The van der Waals surface area contributed by atoms with Gasteiger partial charge in [-0.1, -0.05) is 18.2 Å². The first-order valence-corrected chi connectivity index (χ1v) is 7.68. The second-order valence-corrected chi connectivity index (χ2v) is 6.70. The molecule has 2 N–H and O–H groups in total. The molecule has 3 heteroatoms. The van der Waals surface area contributed by atoms with Crippen molar-refractivity contribution in [1.82, 2.24) is 10.9 Å². The number of hydrogen-bond donors (Lipinski definition) is 2. The zero-order valence-corrected chi connectivity index (χ0v) is 11.2. The molecule has 2 nitrogen and oxygen atoms in total. The van der Waals surface area contributed by atoms with E-state index in [4.69, 9.17) is 0 Å². The molecule has 0 radical (unpaired) electrons. The molecule has 1 saturated heterocycles. The van der Waals surface area contributed by atoms with E-state index in [1.54, 1.807) is 4.88 Å². The van der Waals surface area contributed by atoms with E-state index < -0.39 is 0 Å². The topological polar surface area (TPSA) is 24.1 Å². The van der Waals surface area contributed by atoms with Crippen LogP contribution in [-0.4, -0.2) is 12.6 Å². The zero-order chi connectivity index (χ0) is 11.9. The maximum absolute atomic E-state index is 3.41. The fourth-order valence-corrected chi connectivity index (χ4v) is 4.67. The van der Waals surface area contributed by atoms with Crippen LogP contribution in [0.4, 0.5) is 0 Å². The van der Waals surface area contributed by atoms with Gasteiger partial charge in [0.1, 0.15) is 0 Å². The van der Waals surface area contributed by atoms with Crippen molar-refractivity contribution in [3.8, 4) is 0 Å². The summed E-state index contributed by atoms with van der Waals surface area (Å²) in [6, 6.07) is 11.9. The molecule has 0 amide bonds. The minimum atomic E-state index is 0.718. The molecule has 2 heterocycles. The molecule has 0 spiro atoms. The SMILES string of the molecule is c1ccc2sc(C3CCC4NNCC4C3)cc2c1. The molecule has 2 aliphatic rings. The van der Waals surface area contributed by atoms with Gasteiger partial charge in [-0.15, -0.1) is 11.3 Å². The average Bonchev–Trinajstić information content (AvgIpc) is 3.04. The van der Waals surface area contributed by atoms with Gasteiger partial charge in [0, 0.05) is 22.2 Å². The molecule has 1 aromatic carbocycles. The van der Waals surface area contributed by atoms with Crippen LogP contribution in [0.2, 0.25) is 0 Å². The van der Waals surface area contributed by atoms with Gasteiger partial charge in [-0.05, 0) is 48.6 Å². The molecule has 4 rings (SSSR count). The van der Waals surface area contributed by atoms with Crippen molar-refractivity contribution in [3.05, 3.63) is 35.2 Å². The molecule has 3 unspecified atom stereocenters. The Labute approximate surface area is 111 Å². The summed E-state index contributed by atoms with van der Waals surface area (Å²) >= 11 is 2.00. The summed E-state index contributed by atoms with van der Waals surface area (Å²) in [5.74, 6) is 1.61. The Morgan fingerprint density at radius 3 is 3.06 bits per heavy atom. The number of nitrogens with one attached hydrogen (secondary N) is 2. The lowest BCUT2D eigenvalue weighted by Crippen LogP contribution is -2.34. The lowest BCUT2D eigenvalue weighted by molar-refractivity contribution is 0.305. The highest BCUT2D eigenvalue weighted by molar-refractivity contribution is 7.19. The molecule has 94 valence electrons. The Kier molecular flexibility index (Phi) is 2.64. The van der Waals surface area contributed by atoms with Crippen LogP contribution in [-0.2, 0) is 0 Å². The van der Waals surface area contributed by atoms with E-state index in [1.807, 2.05) is 11.3 Å². The van der Waals surface area contributed by atoms with E-state index in [-0.39, 0.29) is 0 Å². The van der Waals surface area contributed by atoms with Crippen LogP contribution in [0.3, 0.4) is 0 Å². The minimum absolute atomic E-state index is 0.718. The highest BCUT2D eigenvalue weighted by Gasteiger charge is 2.34. The van der Waals surface area contributed by atoms with Crippen LogP contribution < -0.4 is 10.9 Å². The Hall–Kier alpha value is -0.900. The lowest BCUT2D eigenvalue weighted by Gasteiger charge is -2.30. The fraction of sp³-hybridized carbons (Fsp3) is 0.467. The monoisotopic (exact) mass is 258 g/mol. The van der Waals surface area contributed by atoms with Crippen molar-refractivity contribution in [2.45, 2.75) is 31.2 Å². The summed E-state index contributed by atoms with van der Waals surface area (Å²) in [6.07, 6.45) is 4.00. The quantitative estimate of drug-likeness (QED) is 0.820. The summed E-state index contributed by atoms with van der Waals surface area (Å²) in [4.78, 5) is 1.60.